The maximum Gasteiger partial charge on any atom is 0.267 e. The number of amides is 1. The van der Waals surface area contributed by atoms with Crippen LogP contribution in [0.2, 0.25) is 0 Å². The molecule has 5 aromatic rings. The maximum atomic E-state index is 13.3. The SMILES string of the molecule is Cc1ccnc(-n2c(SCC(=O)Nc3ccc(Oc4ccccc4)cc3)nc3ccccc3c2=O)c1. The molecule has 0 fully saturated rings. The van der Waals surface area contributed by atoms with E-state index < -0.39 is 0 Å². The normalized spacial score (nSPS) is 10.8. The molecule has 0 saturated heterocycles. The number of rotatable bonds is 7. The van der Waals surface area contributed by atoms with Crippen LogP contribution in [0, 0.1) is 6.92 Å². The van der Waals surface area contributed by atoms with Crippen LogP contribution in [0.5, 0.6) is 11.5 Å². The molecule has 2 heterocycles. The lowest BCUT2D eigenvalue weighted by Crippen LogP contribution is -2.23. The lowest BCUT2D eigenvalue weighted by atomic mass is 10.2. The van der Waals surface area contributed by atoms with E-state index in [0.717, 1.165) is 11.3 Å². The Morgan fingerprint density at radius 3 is 2.44 bits per heavy atom. The van der Waals surface area contributed by atoms with Gasteiger partial charge in [-0.1, -0.05) is 42.1 Å². The lowest BCUT2D eigenvalue weighted by Gasteiger charge is -2.13. The summed E-state index contributed by atoms with van der Waals surface area (Å²) in [6, 6.07) is 27.5. The van der Waals surface area contributed by atoms with Crippen molar-refractivity contribution >= 4 is 34.3 Å². The van der Waals surface area contributed by atoms with Gasteiger partial charge in [-0.2, -0.15) is 0 Å². The second-order valence-electron chi connectivity index (χ2n) is 8.02. The molecule has 2 aromatic heterocycles. The van der Waals surface area contributed by atoms with Gasteiger partial charge in [-0.3, -0.25) is 9.59 Å². The summed E-state index contributed by atoms with van der Waals surface area (Å²) in [7, 11) is 0. The van der Waals surface area contributed by atoms with Gasteiger partial charge in [-0.15, -0.1) is 0 Å². The van der Waals surface area contributed by atoms with Crippen molar-refractivity contribution in [1.29, 1.82) is 0 Å². The van der Waals surface area contributed by atoms with E-state index >= 15 is 0 Å². The molecule has 0 aliphatic rings. The molecule has 0 atom stereocenters. The zero-order chi connectivity index (χ0) is 24.9. The quantitative estimate of drug-likeness (QED) is 0.234. The summed E-state index contributed by atoms with van der Waals surface area (Å²) in [4.78, 5) is 35.1. The van der Waals surface area contributed by atoms with Crippen LogP contribution in [-0.4, -0.2) is 26.2 Å². The van der Waals surface area contributed by atoms with Crippen molar-refractivity contribution in [1.82, 2.24) is 14.5 Å². The fourth-order valence-electron chi connectivity index (χ4n) is 3.61. The third-order valence-electron chi connectivity index (χ3n) is 5.32. The first-order chi connectivity index (χ1) is 17.6. The van der Waals surface area contributed by atoms with Crippen LogP contribution < -0.4 is 15.6 Å². The number of carbonyl (C=O) groups is 1. The van der Waals surface area contributed by atoms with E-state index in [1.165, 1.54) is 16.3 Å². The molecular formula is C28H22N4O3S. The number of thioether (sulfide) groups is 1. The Balaban J connectivity index is 1.33. The van der Waals surface area contributed by atoms with Crippen LogP contribution >= 0.6 is 11.8 Å². The minimum absolute atomic E-state index is 0.0683. The van der Waals surface area contributed by atoms with Crippen LogP contribution in [-0.2, 0) is 4.79 Å². The minimum Gasteiger partial charge on any atom is -0.457 e. The van der Waals surface area contributed by atoms with Gasteiger partial charge in [0, 0.05) is 11.9 Å². The number of aromatic nitrogens is 3. The second kappa shape index (κ2) is 10.5. The number of hydrogen-bond donors (Lipinski definition) is 1. The predicted molar refractivity (Wildman–Crippen MR) is 142 cm³/mol. The number of anilines is 1. The number of ether oxygens (including phenoxy) is 1. The van der Waals surface area contributed by atoms with Gasteiger partial charge in [0.05, 0.1) is 16.7 Å². The molecule has 0 unspecified atom stereocenters. The number of benzene rings is 3. The van der Waals surface area contributed by atoms with Crippen molar-refractivity contribution in [3.05, 3.63) is 113 Å². The summed E-state index contributed by atoms with van der Waals surface area (Å²) < 4.78 is 7.25. The van der Waals surface area contributed by atoms with Crippen LogP contribution in [0.4, 0.5) is 5.69 Å². The Hall–Kier alpha value is -4.43. The molecule has 178 valence electrons. The highest BCUT2D eigenvalue weighted by molar-refractivity contribution is 7.99. The Bertz CT molecular complexity index is 1580. The molecule has 0 saturated carbocycles. The summed E-state index contributed by atoms with van der Waals surface area (Å²) in [6.07, 6.45) is 1.65. The van der Waals surface area contributed by atoms with Gasteiger partial charge >= 0.3 is 0 Å². The van der Waals surface area contributed by atoms with Gasteiger partial charge < -0.3 is 10.1 Å². The third-order valence-corrected chi connectivity index (χ3v) is 6.26. The van der Waals surface area contributed by atoms with Gasteiger partial charge in [0.15, 0.2) is 5.16 Å². The molecule has 0 aliphatic heterocycles. The van der Waals surface area contributed by atoms with Crippen LogP contribution in [0.15, 0.2) is 107 Å². The van der Waals surface area contributed by atoms with E-state index in [0.29, 0.717) is 33.3 Å². The highest BCUT2D eigenvalue weighted by Gasteiger charge is 2.16. The van der Waals surface area contributed by atoms with Gasteiger partial charge in [0.2, 0.25) is 5.91 Å². The Labute approximate surface area is 211 Å². The van der Waals surface area contributed by atoms with Crippen LogP contribution in [0.3, 0.4) is 0 Å². The Morgan fingerprint density at radius 1 is 0.944 bits per heavy atom. The number of aryl methyl sites for hydroxylation is 1. The van der Waals surface area contributed by atoms with E-state index in [4.69, 9.17) is 4.74 Å². The Morgan fingerprint density at radius 2 is 1.67 bits per heavy atom. The van der Waals surface area contributed by atoms with E-state index in [-0.39, 0.29) is 17.2 Å². The number of para-hydroxylation sites is 2. The average molecular weight is 495 g/mol. The fraction of sp³-hybridized carbons (Fsp3) is 0.0714. The summed E-state index contributed by atoms with van der Waals surface area (Å²) in [5.41, 5.74) is 1.96. The minimum atomic E-state index is -0.226. The van der Waals surface area contributed by atoms with Crippen molar-refractivity contribution in [3.63, 3.8) is 0 Å². The van der Waals surface area contributed by atoms with Gasteiger partial charge in [-0.05, 0) is 73.2 Å². The molecule has 1 amide bonds. The third kappa shape index (κ3) is 5.29. The van der Waals surface area contributed by atoms with Crippen LogP contribution in [0.25, 0.3) is 16.7 Å². The van der Waals surface area contributed by atoms with Crippen molar-refractivity contribution in [2.75, 3.05) is 11.1 Å². The van der Waals surface area contributed by atoms with Crippen LogP contribution in [0.1, 0.15) is 5.56 Å². The standard InChI is InChI=1S/C28H22N4O3S/c1-19-15-16-29-25(17-19)32-27(34)23-9-5-6-10-24(23)31-28(32)36-18-26(33)30-20-11-13-22(14-12-20)35-21-7-3-2-4-8-21/h2-17H,18H2,1H3,(H,30,33). The van der Waals surface area contributed by atoms with E-state index in [1.807, 2.05) is 55.5 Å². The lowest BCUT2D eigenvalue weighted by molar-refractivity contribution is -0.113. The zero-order valence-corrected chi connectivity index (χ0v) is 20.2. The van der Waals surface area contributed by atoms with Crippen molar-refractivity contribution in [3.8, 4) is 17.3 Å². The molecule has 0 radical (unpaired) electrons. The number of carbonyl (C=O) groups excluding carboxylic acids is 1. The highest BCUT2D eigenvalue weighted by atomic mass is 32.2. The topological polar surface area (TPSA) is 86.1 Å². The van der Waals surface area contributed by atoms with Crippen molar-refractivity contribution < 1.29 is 9.53 Å². The van der Waals surface area contributed by atoms with Gasteiger partial charge in [0.25, 0.3) is 5.56 Å². The molecule has 7 nitrogen and oxygen atoms in total. The highest BCUT2D eigenvalue weighted by Crippen LogP contribution is 2.24. The molecule has 0 spiro atoms. The van der Waals surface area contributed by atoms with E-state index in [9.17, 15) is 9.59 Å². The fourth-order valence-corrected chi connectivity index (χ4v) is 4.41. The average Bonchev–Trinajstić information content (AvgIpc) is 2.89. The molecule has 1 N–H and O–H groups in total. The summed E-state index contributed by atoms with van der Waals surface area (Å²) in [5.74, 6) is 1.73. The molecule has 8 heteroatoms. The predicted octanol–water partition coefficient (Wildman–Crippen LogP) is 5.61. The number of fused-ring (bicyclic) bond motifs is 1. The first-order valence-electron chi connectivity index (χ1n) is 11.3. The molecule has 3 aromatic carbocycles. The second-order valence-corrected chi connectivity index (χ2v) is 8.96. The molecule has 5 rings (SSSR count). The number of hydrogen-bond acceptors (Lipinski definition) is 6. The number of nitrogens with zero attached hydrogens (tertiary/aromatic N) is 3. The largest absolute Gasteiger partial charge is 0.457 e. The Kier molecular flexibility index (Phi) is 6.77. The smallest absolute Gasteiger partial charge is 0.267 e. The molecule has 0 bridgehead atoms. The van der Waals surface area contributed by atoms with E-state index in [2.05, 4.69) is 15.3 Å². The van der Waals surface area contributed by atoms with Gasteiger partial charge in [-0.25, -0.2) is 14.5 Å². The van der Waals surface area contributed by atoms with Crippen molar-refractivity contribution in [2.45, 2.75) is 12.1 Å². The monoisotopic (exact) mass is 494 g/mol. The summed E-state index contributed by atoms with van der Waals surface area (Å²) in [5, 5.41) is 3.77. The first-order valence-corrected chi connectivity index (χ1v) is 12.3. The first kappa shape index (κ1) is 23.3. The number of nitrogens with one attached hydrogen (secondary N) is 1. The molecule has 36 heavy (non-hydrogen) atoms. The summed E-state index contributed by atoms with van der Waals surface area (Å²) >= 11 is 1.18. The number of pyridine rings is 1. The zero-order valence-electron chi connectivity index (χ0n) is 19.4. The van der Waals surface area contributed by atoms with E-state index in [1.54, 1.807) is 48.7 Å². The van der Waals surface area contributed by atoms with Gasteiger partial charge in [0.1, 0.15) is 17.3 Å². The summed E-state index contributed by atoms with van der Waals surface area (Å²) in [6.45, 7) is 1.93. The van der Waals surface area contributed by atoms with Crippen molar-refractivity contribution in [2.24, 2.45) is 0 Å². The maximum absolute atomic E-state index is 13.3. The molecular weight excluding hydrogens is 472 g/mol. The molecule has 0 aliphatic carbocycles.